The summed E-state index contributed by atoms with van der Waals surface area (Å²) in [5, 5.41) is 0. The molecule has 0 spiro atoms. The second-order valence-electron chi connectivity index (χ2n) is 1.85. The molecule has 1 heterocycles. The van der Waals surface area contributed by atoms with Crippen LogP contribution in [0.3, 0.4) is 0 Å². The molecule has 3 heteroatoms. The minimum atomic E-state index is 0.194. The molecule has 0 aromatic heterocycles. The van der Waals surface area contributed by atoms with Crippen molar-refractivity contribution in [2.75, 3.05) is 6.54 Å². The van der Waals surface area contributed by atoms with Gasteiger partial charge < -0.3 is 5.73 Å². The quantitative estimate of drug-likeness (QED) is 0.468. The number of hydrogen-bond acceptors (Lipinski definition) is 3. The predicted octanol–water partition coefficient (Wildman–Crippen LogP) is -0.294. The molecule has 0 atom stereocenters. The zero-order chi connectivity index (χ0) is 5.98. The maximum atomic E-state index is 10.4. The van der Waals surface area contributed by atoms with E-state index < -0.39 is 0 Å². The molecule has 0 saturated heterocycles. The van der Waals surface area contributed by atoms with Gasteiger partial charge in [-0.15, -0.1) is 0 Å². The van der Waals surface area contributed by atoms with Crippen LogP contribution in [0.25, 0.3) is 0 Å². The van der Waals surface area contributed by atoms with Gasteiger partial charge in [0, 0.05) is 12.8 Å². The van der Waals surface area contributed by atoms with Gasteiger partial charge >= 0.3 is 0 Å². The lowest BCUT2D eigenvalue weighted by atomic mass is 10.2. The fraction of sp³-hybridized carbons (Fsp3) is 0.600. The Balaban J connectivity index is 2.55. The van der Waals surface area contributed by atoms with Crippen molar-refractivity contribution in [1.29, 1.82) is 0 Å². The summed E-state index contributed by atoms with van der Waals surface area (Å²) in [6.07, 6.45) is 1.23. The van der Waals surface area contributed by atoms with Crippen LogP contribution >= 0.6 is 0 Å². The van der Waals surface area contributed by atoms with Crippen LogP contribution < -0.4 is 5.73 Å². The molecule has 0 unspecified atom stereocenters. The number of rotatable bonds is 0. The number of amidine groups is 1. The molecule has 1 aliphatic heterocycles. The van der Waals surface area contributed by atoms with Crippen molar-refractivity contribution in [3.8, 4) is 0 Å². The zero-order valence-corrected chi connectivity index (χ0v) is 4.55. The van der Waals surface area contributed by atoms with Crippen molar-refractivity contribution >= 4 is 11.6 Å². The molecule has 0 aliphatic carbocycles. The van der Waals surface area contributed by atoms with E-state index in [9.17, 15) is 4.79 Å². The van der Waals surface area contributed by atoms with Gasteiger partial charge in [0.05, 0.1) is 12.4 Å². The van der Waals surface area contributed by atoms with Crippen molar-refractivity contribution in [2.24, 2.45) is 10.7 Å². The average Bonchev–Trinajstić information content (AvgIpc) is 1.77. The maximum absolute atomic E-state index is 10.4. The number of Topliss-reactive ketones (excluding diaryl/α,β-unsaturated/α-hetero) is 1. The largest absolute Gasteiger partial charge is 0.387 e. The summed E-state index contributed by atoms with van der Waals surface area (Å²) in [6.45, 7) is 0.297. The molecule has 0 aromatic carbocycles. The van der Waals surface area contributed by atoms with E-state index in [0.29, 0.717) is 25.2 Å². The Kier molecular flexibility index (Phi) is 1.28. The topological polar surface area (TPSA) is 55.4 Å². The van der Waals surface area contributed by atoms with Gasteiger partial charge in [-0.2, -0.15) is 0 Å². The Labute approximate surface area is 47.6 Å². The summed E-state index contributed by atoms with van der Waals surface area (Å²) in [5.41, 5.74) is 5.29. The van der Waals surface area contributed by atoms with Crippen molar-refractivity contribution in [1.82, 2.24) is 0 Å². The van der Waals surface area contributed by atoms with E-state index in [2.05, 4.69) is 4.99 Å². The van der Waals surface area contributed by atoms with Gasteiger partial charge in [0.1, 0.15) is 0 Å². The first-order chi connectivity index (χ1) is 3.79. The Morgan fingerprint density at radius 3 is 2.62 bits per heavy atom. The lowest BCUT2D eigenvalue weighted by Crippen LogP contribution is -2.21. The smallest absolute Gasteiger partial charge is 0.154 e. The van der Waals surface area contributed by atoms with Crippen LogP contribution in [0, 0.1) is 0 Å². The Bertz CT molecular complexity index is 139. The summed E-state index contributed by atoms with van der Waals surface area (Å²) in [5.74, 6) is 0.809. The van der Waals surface area contributed by atoms with Gasteiger partial charge in [-0.25, -0.2) is 0 Å². The summed E-state index contributed by atoms with van der Waals surface area (Å²) in [6, 6.07) is 0. The predicted molar refractivity (Wildman–Crippen MR) is 30.7 cm³/mol. The highest BCUT2D eigenvalue weighted by Gasteiger charge is 2.07. The normalized spacial score (nSPS) is 20.5. The summed E-state index contributed by atoms with van der Waals surface area (Å²) < 4.78 is 0. The number of nitrogens with zero attached hydrogens (tertiary/aromatic N) is 1. The van der Waals surface area contributed by atoms with Crippen LogP contribution in [0.4, 0.5) is 0 Å². The van der Waals surface area contributed by atoms with E-state index in [1.54, 1.807) is 0 Å². The zero-order valence-electron chi connectivity index (χ0n) is 4.55. The third-order valence-electron chi connectivity index (χ3n) is 1.12. The van der Waals surface area contributed by atoms with Crippen molar-refractivity contribution in [3.63, 3.8) is 0 Å². The van der Waals surface area contributed by atoms with E-state index in [0.717, 1.165) is 0 Å². The number of carbonyl (C=O) groups excluding carboxylic acids is 1. The minimum Gasteiger partial charge on any atom is -0.387 e. The molecular formula is C5H8N2O. The number of aliphatic imine (C=N–C) groups is 1. The minimum absolute atomic E-state index is 0.194. The summed E-state index contributed by atoms with van der Waals surface area (Å²) in [7, 11) is 0. The number of hydrogen-bond donors (Lipinski definition) is 1. The average molecular weight is 112 g/mol. The van der Waals surface area contributed by atoms with Gasteiger partial charge in [0.2, 0.25) is 0 Å². The molecule has 1 aliphatic rings. The first-order valence-electron chi connectivity index (χ1n) is 2.59. The molecule has 0 amide bonds. The molecule has 1 rings (SSSR count). The Morgan fingerprint density at radius 1 is 1.50 bits per heavy atom. The van der Waals surface area contributed by atoms with Crippen molar-refractivity contribution < 1.29 is 4.79 Å². The first kappa shape index (κ1) is 5.28. The molecular weight excluding hydrogens is 104 g/mol. The molecule has 0 aromatic rings. The van der Waals surface area contributed by atoms with Crippen LogP contribution in [0.2, 0.25) is 0 Å². The molecule has 44 valence electrons. The molecule has 2 N–H and O–H groups in total. The standard InChI is InChI=1S/C5H8N2O/c6-5-2-1-4(8)3-7-5/h1-3H2,(H2,6,7). The molecule has 3 nitrogen and oxygen atoms in total. The van der Waals surface area contributed by atoms with Crippen molar-refractivity contribution in [2.45, 2.75) is 12.8 Å². The third-order valence-corrected chi connectivity index (χ3v) is 1.12. The number of nitrogens with two attached hydrogens (primary N) is 1. The second kappa shape index (κ2) is 1.94. The van der Waals surface area contributed by atoms with Crippen molar-refractivity contribution in [3.05, 3.63) is 0 Å². The lowest BCUT2D eigenvalue weighted by molar-refractivity contribution is -0.117. The fourth-order valence-corrected chi connectivity index (χ4v) is 0.615. The summed E-state index contributed by atoms with van der Waals surface area (Å²) in [4.78, 5) is 14.2. The number of ketones is 1. The van der Waals surface area contributed by atoms with Crippen LogP contribution in [-0.4, -0.2) is 18.2 Å². The van der Waals surface area contributed by atoms with Crippen LogP contribution in [0.1, 0.15) is 12.8 Å². The molecule has 8 heavy (non-hydrogen) atoms. The van der Waals surface area contributed by atoms with Gasteiger partial charge in [0.25, 0.3) is 0 Å². The van der Waals surface area contributed by atoms with Gasteiger partial charge in [-0.1, -0.05) is 0 Å². The summed E-state index contributed by atoms with van der Waals surface area (Å²) >= 11 is 0. The van der Waals surface area contributed by atoms with E-state index >= 15 is 0 Å². The second-order valence-corrected chi connectivity index (χ2v) is 1.85. The highest BCUT2D eigenvalue weighted by Crippen LogP contribution is 1.97. The van der Waals surface area contributed by atoms with Crippen LogP contribution in [0.15, 0.2) is 4.99 Å². The van der Waals surface area contributed by atoms with E-state index in [-0.39, 0.29) is 5.78 Å². The van der Waals surface area contributed by atoms with E-state index in [1.807, 2.05) is 0 Å². The maximum Gasteiger partial charge on any atom is 0.154 e. The monoisotopic (exact) mass is 112 g/mol. The Morgan fingerprint density at radius 2 is 2.25 bits per heavy atom. The van der Waals surface area contributed by atoms with Crippen LogP contribution in [-0.2, 0) is 4.79 Å². The van der Waals surface area contributed by atoms with Crippen LogP contribution in [0.5, 0.6) is 0 Å². The third kappa shape index (κ3) is 1.05. The highest BCUT2D eigenvalue weighted by molar-refractivity contribution is 5.92. The highest BCUT2D eigenvalue weighted by atomic mass is 16.1. The number of carbonyl (C=O) groups is 1. The Hall–Kier alpha value is -0.860. The fourth-order valence-electron chi connectivity index (χ4n) is 0.615. The van der Waals surface area contributed by atoms with Gasteiger partial charge in [-0.3, -0.25) is 9.79 Å². The molecule has 0 bridgehead atoms. The van der Waals surface area contributed by atoms with E-state index in [4.69, 9.17) is 5.73 Å². The van der Waals surface area contributed by atoms with E-state index in [1.165, 1.54) is 0 Å². The lowest BCUT2D eigenvalue weighted by Gasteiger charge is -2.04. The van der Waals surface area contributed by atoms with Gasteiger partial charge in [0.15, 0.2) is 5.78 Å². The molecule has 0 saturated carbocycles. The SMILES string of the molecule is NC1=NCC(=O)CC1. The molecule has 0 fully saturated rings. The van der Waals surface area contributed by atoms with Gasteiger partial charge in [-0.05, 0) is 0 Å². The molecule has 0 radical (unpaired) electrons. The first-order valence-corrected chi connectivity index (χ1v) is 2.59.